The van der Waals surface area contributed by atoms with Crippen molar-refractivity contribution in [3.05, 3.63) is 41.6 Å². The normalized spacial score (nSPS) is 13.3. The molecule has 1 aromatic heterocycles. The van der Waals surface area contributed by atoms with Gasteiger partial charge in [0, 0.05) is 19.5 Å². The molecule has 0 atom stereocenters. The van der Waals surface area contributed by atoms with Gasteiger partial charge in [-0.1, -0.05) is 13.8 Å². The quantitative estimate of drug-likeness (QED) is 0.842. The fraction of sp³-hybridized carbons (Fsp3) is 0.429. The Morgan fingerprint density at radius 3 is 2.48 bits per heavy atom. The zero-order valence-electron chi connectivity index (χ0n) is 16.4. The van der Waals surface area contributed by atoms with Crippen molar-refractivity contribution in [3.63, 3.8) is 0 Å². The number of nitrogens with one attached hydrogen (secondary N) is 1. The Balaban J connectivity index is 1.71. The van der Waals surface area contributed by atoms with Crippen molar-refractivity contribution in [3.8, 4) is 11.5 Å². The number of aromatic nitrogens is 1. The number of hydrogen-bond donors (Lipinski definition) is 1. The maximum Gasteiger partial charge on any atom is 0.224 e. The molecule has 0 spiro atoms. The molecule has 1 aromatic carbocycles. The molecule has 0 saturated heterocycles. The van der Waals surface area contributed by atoms with Crippen molar-refractivity contribution >= 4 is 17.4 Å². The van der Waals surface area contributed by atoms with E-state index in [2.05, 4.69) is 21.3 Å². The Hall–Kier alpha value is -2.76. The third kappa shape index (κ3) is 4.51. The number of carbonyl (C=O) groups excluding carboxylic acids is 1. The highest BCUT2D eigenvalue weighted by Crippen LogP contribution is 2.34. The van der Waals surface area contributed by atoms with Gasteiger partial charge in [0.05, 0.1) is 26.1 Å². The van der Waals surface area contributed by atoms with E-state index in [0.29, 0.717) is 12.3 Å². The second kappa shape index (κ2) is 8.29. The summed E-state index contributed by atoms with van der Waals surface area (Å²) in [6, 6.07) is 7.97. The molecule has 1 aliphatic rings. The smallest absolute Gasteiger partial charge is 0.224 e. The largest absolute Gasteiger partial charge is 0.493 e. The summed E-state index contributed by atoms with van der Waals surface area (Å²) in [6.07, 6.45) is 3.15. The molecule has 0 fully saturated rings. The lowest BCUT2D eigenvalue weighted by Gasteiger charge is -2.30. The summed E-state index contributed by atoms with van der Waals surface area (Å²) in [5, 5.41) is 2.90. The molecule has 2 heterocycles. The van der Waals surface area contributed by atoms with Crippen LogP contribution in [0.4, 0.5) is 11.5 Å². The molecule has 0 aliphatic carbocycles. The van der Waals surface area contributed by atoms with Crippen molar-refractivity contribution in [2.45, 2.75) is 33.2 Å². The van der Waals surface area contributed by atoms with Crippen LogP contribution in [0.2, 0.25) is 0 Å². The maximum atomic E-state index is 11.9. The first-order valence-corrected chi connectivity index (χ1v) is 9.24. The van der Waals surface area contributed by atoms with Crippen molar-refractivity contribution in [2.75, 3.05) is 31.0 Å². The minimum Gasteiger partial charge on any atom is -0.493 e. The van der Waals surface area contributed by atoms with Crippen molar-refractivity contribution in [1.29, 1.82) is 0 Å². The zero-order chi connectivity index (χ0) is 19.4. The molecule has 27 heavy (non-hydrogen) atoms. The molecule has 144 valence electrons. The van der Waals surface area contributed by atoms with E-state index >= 15 is 0 Å². The summed E-state index contributed by atoms with van der Waals surface area (Å²) in [5.41, 5.74) is 3.23. The predicted molar refractivity (Wildman–Crippen MR) is 107 cm³/mol. The summed E-state index contributed by atoms with van der Waals surface area (Å²) in [4.78, 5) is 18.7. The summed E-state index contributed by atoms with van der Waals surface area (Å²) < 4.78 is 10.8. The molecule has 3 rings (SSSR count). The van der Waals surface area contributed by atoms with Crippen LogP contribution in [-0.2, 0) is 17.8 Å². The van der Waals surface area contributed by atoms with Crippen LogP contribution in [0.3, 0.4) is 0 Å². The maximum absolute atomic E-state index is 11.9. The topological polar surface area (TPSA) is 63.7 Å². The van der Waals surface area contributed by atoms with Crippen LogP contribution >= 0.6 is 0 Å². The lowest BCUT2D eigenvalue weighted by molar-refractivity contribution is -0.116. The van der Waals surface area contributed by atoms with Gasteiger partial charge in [-0.05, 0) is 47.7 Å². The number of amides is 1. The number of benzene rings is 1. The van der Waals surface area contributed by atoms with E-state index in [1.165, 1.54) is 11.1 Å². The number of carbonyl (C=O) groups is 1. The van der Waals surface area contributed by atoms with Gasteiger partial charge >= 0.3 is 0 Å². The molecular formula is C21H27N3O3. The van der Waals surface area contributed by atoms with Crippen LogP contribution < -0.4 is 19.7 Å². The average molecular weight is 369 g/mol. The van der Waals surface area contributed by atoms with Crippen LogP contribution in [0.25, 0.3) is 0 Å². The standard InChI is InChI=1S/C21H27N3O3/c1-14(2)9-21(25)23-17-5-6-20(22-12-17)24-8-7-15-10-18(26-3)19(27-4)11-16(15)13-24/h5-6,10-12,14H,7-9,13H2,1-4H3,(H,23,25). The van der Waals surface area contributed by atoms with Gasteiger partial charge in [-0.15, -0.1) is 0 Å². The number of pyridine rings is 1. The molecule has 0 bridgehead atoms. The van der Waals surface area contributed by atoms with Crippen molar-refractivity contribution in [2.24, 2.45) is 5.92 Å². The van der Waals surface area contributed by atoms with Crippen LogP contribution in [0.15, 0.2) is 30.5 Å². The highest BCUT2D eigenvalue weighted by Gasteiger charge is 2.20. The van der Waals surface area contributed by atoms with E-state index in [0.717, 1.165) is 42.5 Å². The van der Waals surface area contributed by atoms with E-state index in [-0.39, 0.29) is 5.91 Å². The minimum absolute atomic E-state index is 0.0208. The number of rotatable bonds is 6. The Bertz CT molecular complexity index is 803. The van der Waals surface area contributed by atoms with E-state index in [1.54, 1.807) is 20.4 Å². The van der Waals surface area contributed by atoms with Gasteiger partial charge in [0.2, 0.25) is 5.91 Å². The molecule has 0 unspecified atom stereocenters. The van der Waals surface area contributed by atoms with Gasteiger partial charge < -0.3 is 19.7 Å². The fourth-order valence-electron chi connectivity index (χ4n) is 3.31. The predicted octanol–water partition coefficient (Wildman–Crippen LogP) is 3.65. The Labute approximate surface area is 160 Å². The third-order valence-corrected chi connectivity index (χ3v) is 4.67. The molecular weight excluding hydrogens is 342 g/mol. The van der Waals surface area contributed by atoms with E-state index in [9.17, 15) is 4.79 Å². The first-order valence-electron chi connectivity index (χ1n) is 9.24. The van der Waals surface area contributed by atoms with Gasteiger partial charge in [-0.3, -0.25) is 4.79 Å². The average Bonchev–Trinajstić information content (AvgIpc) is 2.66. The van der Waals surface area contributed by atoms with E-state index < -0.39 is 0 Å². The van der Waals surface area contributed by atoms with Crippen LogP contribution in [0.1, 0.15) is 31.4 Å². The Morgan fingerprint density at radius 2 is 1.89 bits per heavy atom. The summed E-state index contributed by atoms with van der Waals surface area (Å²) in [7, 11) is 3.31. The minimum atomic E-state index is 0.0208. The van der Waals surface area contributed by atoms with Gasteiger partial charge in [0.15, 0.2) is 11.5 Å². The SMILES string of the molecule is COc1cc2c(cc1OC)CN(c1ccc(NC(=O)CC(C)C)cn1)CC2. The number of anilines is 2. The van der Waals surface area contributed by atoms with Gasteiger partial charge in [-0.25, -0.2) is 4.98 Å². The first kappa shape index (κ1) is 19.0. The van der Waals surface area contributed by atoms with Crippen molar-refractivity contribution in [1.82, 2.24) is 4.98 Å². The van der Waals surface area contributed by atoms with E-state index in [1.807, 2.05) is 32.0 Å². The molecule has 1 aliphatic heterocycles. The Morgan fingerprint density at radius 1 is 1.19 bits per heavy atom. The highest BCUT2D eigenvalue weighted by atomic mass is 16.5. The molecule has 0 saturated carbocycles. The zero-order valence-corrected chi connectivity index (χ0v) is 16.4. The second-order valence-corrected chi connectivity index (χ2v) is 7.20. The summed E-state index contributed by atoms with van der Waals surface area (Å²) >= 11 is 0. The molecule has 1 amide bonds. The van der Waals surface area contributed by atoms with Crippen molar-refractivity contribution < 1.29 is 14.3 Å². The first-order chi connectivity index (χ1) is 13.0. The van der Waals surface area contributed by atoms with Gasteiger partial charge in [0.1, 0.15) is 5.82 Å². The molecule has 0 radical (unpaired) electrons. The van der Waals surface area contributed by atoms with Crippen LogP contribution in [-0.4, -0.2) is 31.7 Å². The summed E-state index contributed by atoms with van der Waals surface area (Å²) in [6.45, 7) is 5.70. The molecule has 6 heteroatoms. The second-order valence-electron chi connectivity index (χ2n) is 7.20. The molecule has 2 aromatic rings. The number of hydrogen-bond acceptors (Lipinski definition) is 5. The lowest BCUT2D eigenvalue weighted by atomic mass is 9.99. The monoisotopic (exact) mass is 369 g/mol. The summed E-state index contributed by atoms with van der Waals surface area (Å²) in [5.74, 6) is 2.77. The van der Waals surface area contributed by atoms with Crippen LogP contribution in [0.5, 0.6) is 11.5 Å². The number of fused-ring (bicyclic) bond motifs is 1. The van der Waals surface area contributed by atoms with Crippen LogP contribution in [0, 0.1) is 5.92 Å². The van der Waals surface area contributed by atoms with Gasteiger partial charge in [-0.2, -0.15) is 0 Å². The number of methoxy groups -OCH3 is 2. The molecule has 1 N–H and O–H groups in total. The Kier molecular flexibility index (Phi) is 5.84. The fourth-order valence-corrected chi connectivity index (χ4v) is 3.31. The van der Waals surface area contributed by atoms with E-state index in [4.69, 9.17) is 9.47 Å². The lowest BCUT2D eigenvalue weighted by Crippen LogP contribution is -2.31. The van der Waals surface area contributed by atoms with Gasteiger partial charge in [0.25, 0.3) is 0 Å². The third-order valence-electron chi connectivity index (χ3n) is 4.67. The number of ether oxygens (including phenoxy) is 2. The number of nitrogens with zero attached hydrogens (tertiary/aromatic N) is 2. The molecule has 6 nitrogen and oxygen atoms in total. The highest BCUT2D eigenvalue weighted by molar-refractivity contribution is 5.90.